The molecule has 0 fully saturated rings. The smallest absolute Gasteiger partial charge is 0.373 e. The number of aliphatic hydroxyl groups excluding tert-OH is 2. The van der Waals surface area contributed by atoms with Gasteiger partial charge in [-0.25, -0.2) is 16.8 Å². The lowest BCUT2D eigenvalue weighted by atomic mass is 10.1. The van der Waals surface area contributed by atoms with E-state index < -0.39 is 44.0 Å². The summed E-state index contributed by atoms with van der Waals surface area (Å²) in [5, 5.41) is 26.1. The molecule has 0 aliphatic carbocycles. The van der Waals surface area contributed by atoms with Crippen molar-refractivity contribution in [1.29, 1.82) is 0 Å². The molecule has 43 heavy (non-hydrogen) atoms. The van der Waals surface area contributed by atoms with Gasteiger partial charge in [0.2, 0.25) is 20.0 Å². The van der Waals surface area contributed by atoms with Crippen LogP contribution in [-0.4, -0.2) is 83.5 Å². The predicted octanol–water partition coefficient (Wildman–Crippen LogP) is 1.14. The van der Waals surface area contributed by atoms with Gasteiger partial charge in [0.05, 0.1) is 25.6 Å². The molecular formula is C27H42N4O10S2. The van der Waals surface area contributed by atoms with Crippen LogP contribution in [0.3, 0.4) is 0 Å². The van der Waals surface area contributed by atoms with Crippen molar-refractivity contribution in [3.63, 3.8) is 0 Å². The number of ether oxygens (including phenoxy) is 1. The number of carbonyl (C=O) groups excluding carboxylic acids is 3. The zero-order valence-electron chi connectivity index (χ0n) is 25.0. The van der Waals surface area contributed by atoms with E-state index in [1.165, 1.54) is 12.1 Å². The summed E-state index contributed by atoms with van der Waals surface area (Å²) in [4.78, 5) is 27.3. The van der Waals surface area contributed by atoms with Crippen LogP contribution in [0.1, 0.15) is 51.0 Å². The number of anilines is 2. The lowest BCUT2D eigenvalue weighted by molar-refractivity contribution is -0.191. The fourth-order valence-electron chi connectivity index (χ4n) is 3.12. The number of nitrogens with one attached hydrogen (secondary N) is 4. The van der Waals surface area contributed by atoms with Crippen molar-refractivity contribution >= 4 is 43.5 Å². The highest BCUT2D eigenvalue weighted by molar-refractivity contribution is 7.93. The van der Waals surface area contributed by atoms with Crippen molar-refractivity contribution in [1.82, 2.24) is 10.6 Å². The molecule has 0 spiro atoms. The molecule has 6 N–H and O–H groups in total. The van der Waals surface area contributed by atoms with Crippen molar-refractivity contribution in [2.75, 3.05) is 41.7 Å². The highest BCUT2D eigenvalue weighted by Crippen LogP contribution is 2.18. The minimum absolute atomic E-state index is 0.250. The molecule has 0 aromatic heterocycles. The van der Waals surface area contributed by atoms with Gasteiger partial charge in [-0.3, -0.25) is 14.2 Å². The van der Waals surface area contributed by atoms with Crippen LogP contribution in [0.4, 0.5) is 11.4 Å². The van der Waals surface area contributed by atoms with Crippen molar-refractivity contribution in [2.45, 2.75) is 52.0 Å². The average Bonchev–Trinajstić information content (AvgIpc) is 2.90. The third-order valence-electron chi connectivity index (χ3n) is 5.14. The summed E-state index contributed by atoms with van der Waals surface area (Å²) in [6.45, 7) is 8.84. The minimum atomic E-state index is -3.80. The molecule has 0 radical (unpaired) electrons. The highest BCUT2D eigenvalue weighted by atomic mass is 32.2. The van der Waals surface area contributed by atoms with Gasteiger partial charge < -0.3 is 25.6 Å². The van der Waals surface area contributed by atoms with Crippen LogP contribution < -0.4 is 20.1 Å². The molecule has 14 nitrogen and oxygen atoms in total. The van der Waals surface area contributed by atoms with Gasteiger partial charge in [0.1, 0.15) is 0 Å². The van der Waals surface area contributed by atoms with E-state index in [-0.39, 0.29) is 12.2 Å². The summed E-state index contributed by atoms with van der Waals surface area (Å²) in [5.41, 5.74) is 2.23. The van der Waals surface area contributed by atoms with Crippen LogP contribution in [0.2, 0.25) is 0 Å². The lowest BCUT2D eigenvalue weighted by Gasteiger charge is -2.15. The Hall–Kier alpha value is -3.37. The van der Waals surface area contributed by atoms with Gasteiger partial charge >= 0.3 is 12.1 Å². The van der Waals surface area contributed by atoms with E-state index in [9.17, 15) is 31.8 Å². The molecule has 0 amide bonds. The lowest BCUT2D eigenvalue weighted by Crippen LogP contribution is -2.27. The molecule has 0 saturated carbocycles. The zero-order valence-corrected chi connectivity index (χ0v) is 26.7. The van der Waals surface area contributed by atoms with Gasteiger partial charge in [0.25, 0.3) is 0 Å². The van der Waals surface area contributed by atoms with Crippen LogP contribution >= 0.6 is 0 Å². The average molecular weight is 647 g/mol. The Bertz CT molecular complexity index is 1340. The van der Waals surface area contributed by atoms with E-state index >= 15 is 0 Å². The standard InChI is InChI=1S/C14H22N2O5S.C12H20N2O3S.CO2/c1-10(2)15-8-13(17)11-4-6-12(7-5-11)16-22(19,20)9-14(18)21-3;1-9(2)13-8-12(15)10-4-6-11(7-5-10)14-18(3,16)17;2-1-3/h4-7,10,13,15-17H,8-9H2,1-3H3;4-7,9,12-15H,8H2,1-3H3;. The fraction of sp³-hybridized carbons (Fsp3) is 0.481. The first-order chi connectivity index (χ1) is 19.9. The number of hydrogen-bond acceptors (Lipinski definition) is 12. The Labute approximate surface area is 253 Å². The molecule has 0 saturated heterocycles. The number of methoxy groups -OCH3 is 1. The summed E-state index contributed by atoms with van der Waals surface area (Å²) < 4.78 is 54.4. The molecule has 16 heteroatoms. The summed E-state index contributed by atoms with van der Waals surface area (Å²) >= 11 is 0. The molecule has 2 atom stereocenters. The van der Waals surface area contributed by atoms with Crippen molar-refractivity contribution in [3.05, 3.63) is 59.7 Å². The topological polar surface area (TPSA) is 217 Å². The Morgan fingerprint density at radius 3 is 1.42 bits per heavy atom. The van der Waals surface area contributed by atoms with E-state index in [1.54, 1.807) is 36.4 Å². The first-order valence-electron chi connectivity index (χ1n) is 13.0. The van der Waals surface area contributed by atoms with Crippen LogP contribution in [-0.2, 0) is 39.2 Å². The first-order valence-corrected chi connectivity index (χ1v) is 16.5. The van der Waals surface area contributed by atoms with Crippen LogP contribution in [0.5, 0.6) is 0 Å². The van der Waals surface area contributed by atoms with Gasteiger partial charge in [-0.05, 0) is 35.4 Å². The first kappa shape index (κ1) is 39.6. The normalized spacial score (nSPS) is 12.5. The Morgan fingerprint density at radius 2 is 1.12 bits per heavy atom. The third-order valence-corrected chi connectivity index (χ3v) is 6.91. The predicted molar refractivity (Wildman–Crippen MR) is 162 cm³/mol. The summed E-state index contributed by atoms with van der Waals surface area (Å²) in [6, 6.07) is 13.6. The molecule has 0 heterocycles. The van der Waals surface area contributed by atoms with Gasteiger partial charge in [-0.1, -0.05) is 52.0 Å². The molecule has 0 aliphatic heterocycles. The van der Waals surface area contributed by atoms with Gasteiger partial charge in [0, 0.05) is 36.5 Å². The van der Waals surface area contributed by atoms with Gasteiger partial charge in [-0.15, -0.1) is 0 Å². The maximum Gasteiger partial charge on any atom is 0.373 e. The SMILES string of the molecule is CC(C)NCC(O)c1ccc(NS(C)(=O)=O)cc1.COC(=O)CS(=O)(=O)Nc1ccc(C(O)CNC(C)C)cc1.O=C=O. The number of benzene rings is 2. The van der Waals surface area contributed by atoms with Gasteiger partial charge in [-0.2, -0.15) is 9.59 Å². The van der Waals surface area contributed by atoms with E-state index in [2.05, 4.69) is 24.8 Å². The Morgan fingerprint density at radius 1 is 0.767 bits per heavy atom. The second-order valence-corrected chi connectivity index (χ2v) is 13.3. The Balaban J connectivity index is 0.000000763. The van der Waals surface area contributed by atoms with E-state index in [0.717, 1.165) is 18.9 Å². The summed E-state index contributed by atoms with van der Waals surface area (Å²) in [6.07, 6.45) is 0.0743. The highest BCUT2D eigenvalue weighted by Gasteiger charge is 2.17. The third kappa shape index (κ3) is 19.4. The molecule has 2 unspecified atom stereocenters. The second kappa shape index (κ2) is 19.7. The van der Waals surface area contributed by atoms with Crippen LogP contribution in [0.25, 0.3) is 0 Å². The number of sulfonamides is 2. The monoisotopic (exact) mass is 646 g/mol. The minimum Gasteiger partial charge on any atom is -0.468 e. The van der Waals surface area contributed by atoms with Crippen LogP contribution in [0.15, 0.2) is 48.5 Å². The number of hydrogen-bond donors (Lipinski definition) is 6. The van der Waals surface area contributed by atoms with E-state index in [4.69, 9.17) is 9.59 Å². The number of carbonyl (C=O) groups is 1. The zero-order chi connectivity index (χ0) is 33.2. The van der Waals surface area contributed by atoms with Crippen LogP contribution in [0, 0.1) is 0 Å². The van der Waals surface area contributed by atoms with Gasteiger partial charge in [0.15, 0.2) is 5.75 Å². The van der Waals surface area contributed by atoms with E-state index in [1.807, 2.05) is 27.7 Å². The quantitative estimate of drug-likeness (QED) is 0.159. The molecular weight excluding hydrogens is 604 g/mol. The molecule has 2 rings (SSSR count). The molecule has 242 valence electrons. The Kier molecular flexibility index (Phi) is 18.2. The second-order valence-electron chi connectivity index (χ2n) is 9.80. The van der Waals surface area contributed by atoms with Crippen molar-refractivity contribution < 1.29 is 46.2 Å². The maximum atomic E-state index is 11.7. The largest absolute Gasteiger partial charge is 0.468 e. The van der Waals surface area contributed by atoms with Crippen molar-refractivity contribution in [3.8, 4) is 0 Å². The maximum absolute atomic E-state index is 11.7. The van der Waals surface area contributed by atoms with E-state index in [0.29, 0.717) is 36.1 Å². The molecule has 2 aromatic carbocycles. The summed E-state index contributed by atoms with van der Waals surface area (Å²) in [5.74, 6) is -1.58. The number of aliphatic hydroxyl groups is 2. The summed E-state index contributed by atoms with van der Waals surface area (Å²) in [7, 11) is -5.93. The fourth-order valence-corrected chi connectivity index (χ4v) is 4.68. The number of rotatable bonds is 14. The van der Waals surface area contributed by atoms with Crippen molar-refractivity contribution in [2.24, 2.45) is 0 Å². The number of esters is 1. The molecule has 0 aliphatic rings. The molecule has 0 bridgehead atoms. The molecule has 2 aromatic rings.